The molecule has 1 aromatic rings. The van der Waals surface area contributed by atoms with Crippen LogP contribution in [0.5, 0.6) is 5.75 Å². The molecule has 0 aromatic heterocycles. The average Bonchev–Trinajstić information content (AvgIpc) is 2.37. The van der Waals surface area contributed by atoms with Crippen LogP contribution in [-0.2, 0) is 11.2 Å². The number of ether oxygens (including phenoxy) is 1. The van der Waals surface area contributed by atoms with E-state index >= 15 is 0 Å². The summed E-state index contributed by atoms with van der Waals surface area (Å²) in [5, 5.41) is 0. The van der Waals surface area contributed by atoms with Gasteiger partial charge < -0.3 is 15.4 Å². The van der Waals surface area contributed by atoms with Crippen LogP contribution in [0.3, 0.4) is 0 Å². The third-order valence-corrected chi connectivity index (χ3v) is 3.14. The van der Waals surface area contributed by atoms with E-state index in [1.165, 1.54) is 4.90 Å². The van der Waals surface area contributed by atoms with Crippen molar-refractivity contribution in [3.8, 4) is 5.75 Å². The molecule has 4 heteroatoms. The molecule has 0 aliphatic rings. The Balaban J connectivity index is 2.83. The second-order valence-electron chi connectivity index (χ2n) is 5.01. The lowest BCUT2D eigenvalue weighted by Gasteiger charge is -2.17. The average molecular weight is 264 g/mol. The molecule has 0 aliphatic carbocycles. The Morgan fingerprint density at radius 2 is 2.11 bits per heavy atom. The van der Waals surface area contributed by atoms with Crippen LogP contribution in [0.2, 0.25) is 0 Å². The third kappa shape index (κ3) is 4.56. The van der Waals surface area contributed by atoms with E-state index in [9.17, 15) is 4.79 Å². The van der Waals surface area contributed by atoms with Crippen LogP contribution in [0, 0.1) is 6.92 Å². The zero-order chi connectivity index (χ0) is 14.4. The van der Waals surface area contributed by atoms with Crippen molar-refractivity contribution in [1.29, 1.82) is 0 Å². The fraction of sp³-hybridized carbons (Fsp3) is 0.533. The quantitative estimate of drug-likeness (QED) is 0.851. The Labute approximate surface area is 115 Å². The van der Waals surface area contributed by atoms with Gasteiger partial charge in [0.1, 0.15) is 5.75 Å². The van der Waals surface area contributed by atoms with Gasteiger partial charge >= 0.3 is 0 Å². The Bertz CT molecular complexity index is 430. The van der Waals surface area contributed by atoms with E-state index in [1.807, 2.05) is 25.1 Å². The molecule has 2 N–H and O–H groups in total. The molecule has 0 spiro atoms. The van der Waals surface area contributed by atoms with Crippen LogP contribution in [0.25, 0.3) is 0 Å². The number of hydrogen-bond acceptors (Lipinski definition) is 3. The molecular weight excluding hydrogens is 240 g/mol. The van der Waals surface area contributed by atoms with Gasteiger partial charge in [0.25, 0.3) is 5.91 Å². The van der Waals surface area contributed by atoms with Crippen LogP contribution in [-0.4, -0.2) is 37.6 Å². The number of aryl methyl sites for hydroxylation is 1. The molecule has 1 aromatic carbocycles. The molecule has 0 saturated carbocycles. The normalized spacial score (nSPS) is 12.1. The maximum Gasteiger partial charge on any atom is 0.259 e. The van der Waals surface area contributed by atoms with Crippen molar-refractivity contribution in [2.75, 3.05) is 20.7 Å². The highest BCUT2D eigenvalue weighted by atomic mass is 16.5. The van der Waals surface area contributed by atoms with Gasteiger partial charge in [0.05, 0.1) is 0 Å². The molecule has 0 aliphatic heterocycles. The minimum absolute atomic E-state index is 0.0472. The zero-order valence-electron chi connectivity index (χ0n) is 12.3. The first-order valence-corrected chi connectivity index (χ1v) is 6.62. The minimum atomic E-state index is -0.0472. The first-order valence-electron chi connectivity index (χ1n) is 6.62. The SMILES string of the molecule is CCC(N)Cc1cccc(C)c1OCC(=O)N(C)C. The van der Waals surface area contributed by atoms with Crippen molar-refractivity contribution >= 4 is 5.91 Å². The second kappa shape index (κ2) is 7.14. The van der Waals surface area contributed by atoms with Crippen molar-refractivity contribution in [3.63, 3.8) is 0 Å². The summed E-state index contributed by atoms with van der Waals surface area (Å²) in [5.74, 6) is 0.746. The maximum atomic E-state index is 11.6. The predicted molar refractivity (Wildman–Crippen MR) is 77.3 cm³/mol. The molecule has 4 nitrogen and oxygen atoms in total. The highest BCUT2D eigenvalue weighted by molar-refractivity contribution is 5.77. The van der Waals surface area contributed by atoms with E-state index in [-0.39, 0.29) is 18.6 Å². The van der Waals surface area contributed by atoms with Gasteiger partial charge in [-0.05, 0) is 30.9 Å². The van der Waals surface area contributed by atoms with E-state index in [0.29, 0.717) is 0 Å². The fourth-order valence-corrected chi connectivity index (χ4v) is 1.77. The van der Waals surface area contributed by atoms with E-state index in [1.54, 1.807) is 14.1 Å². The molecule has 1 amide bonds. The Kier molecular flexibility index (Phi) is 5.83. The summed E-state index contributed by atoms with van der Waals surface area (Å²) in [7, 11) is 3.44. The van der Waals surface area contributed by atoms with Crippen LogP contribution >= 0.6 is 0 Å². The van der Waals surface area contributed by atoms with E-state index in [4.69, 9.17) is 10.5 Å². The largest absolute Gasteiger partial charge is 0.483 e. The van der Waals surface area contributed by atoms with Gasteiger partial charge in [-0.2, -0.15) is 0 Å². The number of hydrogen-bond donors (Lipinski definition) is 1. The van der Waals surface area contributed by atoms with Gasteiger partial charge in [-0.1, -0.05) is 25.1 Å². The number of carbonyl (C=O) groups excluding carboxylic acids is 1. The Morgan fingerprint density at radius 1 is 1.42 bits per heavy atom. The summed E-state index contributed by atoms with van der Waals surface area (Å²) in [4.78, 5) is 13.1. The Hall–Kier alpha value is -1.55. The summed E-state index contributed by atoms with van der Waals surface area (Å²) >= 11 is 0. The van der Waals surface area contributed by atoms with E-state index in [0.717, 1.165) is 29.7 Å². The van der Waals surface area contributed by atoms with Crippen molar-refractivity contribution in [2.24, 2.45) is 5.73 Å². The van der Waals surface area contributed by atoms with Crippen LogP contribution in [0.1, 0.15) is 24.5 Å². The first-order chi connectivity index (χ1) is 8.95. The first kappa shape index (κ1) is 15.5. The molecular formula is C15H24N2O2. The summed E-state index contributed by atoms with van der Waals surface area (Å²) in [6.07, 6.45) is 1.69. The van der Waals surface area contributed by atoms with Crippen molar-refractivity contribution < 1.29 is 9.53 Å². The van der Waals surface area contributed by atoms with Crippen LogP contribution in [0.15, 0.2) is 18.2 Å². The minimum Gasteiger partial charge on any atom is -0.483 e. The van der Waals surface area contributed by atoms with Crippen molar-refractivity contribution in [1.82, 2.24) is 4.90 Å². The second-order valence-corrected chi connectivity index (χ2v) is 5.01. The van der Waals surface area contributed by atoms with Gasteiger partial charge in [0.15, 0.2) is 6.61 Å². The molecule has 0 heterocycles. The topological polar surface area (TPSA) is 55.6 Å². The molecule has 19 heavy (non-hydrogen) atoms. The maximum absolute atomic E-state index is 11.6. The van der Waals surface area contributed by atoms with E-state index in [2.05, 4.69) is 6.92 Å². The molecule has 0 radical (unpaired) electrons. The number of likely N-dealkylation sites (N-methyl/N-ethyl adjacent to an activating group) is 1. The monoisotopic (exact) mass is 264 g/mol. The highest BCUT2D eigenvalue weighted by Crippen LogP contribution is 2.24. The molecule has 1 atom stereocenters. The number of amides is 1. The lowest BCUT2D eigenvalue weighted by molar-refractivity contribution is -0.130. The lowest BCUT2D eigenvalue weighted by Crippen LogP contribution is -2.28. The fourth-order valence-electron chi connectivity index (χ4n) is 1.77. The summed E-state index contributed by atoms with van der Waals surface area (Å²) in [5.41, 5.74) is 8.10. The molecule has 106 valence electrons. The number of benzene rings is 1. The highest BCUT2D eigenvalue weighted by Gasteiger charge is 2.12. The van der Waals surface area contributed by atoms with Crippen molar-refractivity contribution in [2.45, 2.75) is 32.7 Å². The van der Waals surface area contributed by atoms with Gasteiger partial charge in [-0.3, -0.25) is 4.79 Å². The van der Waals surface area contributed by atoms with Gasteiger partial charge in [-0.25, -0.2) is 0 Å². The van der Waals surface area contributed by atoms with Crippen LogP contribution in [0.4, 0.5) is 0 Å². The lowest BCUT2D eigenvalue weighted by atomic mass is 10.0. The molecule has 0 fully saturated rings. The molecule has 0 saturated heterocycles. The predicted octanol–water partition coefficient (Wildman–Crippen LogP) is 1.74. The number of carbonyl (C=O) groups is 1. The number of rotatable bonds is 6. The smallest absolute Gasteiger partial charge is 0.259 e. The summed E-state index contributed by atoms with van der Waals surface area (Å²) in [6.45, 7) is 4.11. The molecule has 1 unspecified atom stereocenters. The third-order valence-electron chi connectivity index (χ3n) is 3.14. The summed E-state index contributed by atoms with van der Waals surface area (Å²) in [6, 6.07) is 6.11. The molecule has 1 rings (SSSR count). The number of nitrogens with two attached hydrogens (primary N) is 1. The van der Waals surface area contributed by atoms with E-state index < -0.39 is 0 Å². The zero-order valence-corrected chi connectivity index (χ0v) is 12.3. The van der Waals surface area contributed by atoms with Gasteiger partial charge in [0, 0.05) is 20.1 Å². The standard InChI is InChI=1S/C15H24N2O2/c1-5-13(16)9-12-8-6-7-11(2)15(12)19-10-14(18)17(3)4/h6-8,13H,5,9-10,16H2,1-4H3. The van der Waals surface area contributed by atoms with Gasteiger partial charge in [0.2, 0.25) is 0 Å². The van der Waals surface area contributed by atoms with Crippen molar-refractivity contribution in [3.05, 3.63) is 29.3 Å². The Morgan fingerprint density at radius 3 is 2.68 bits per heavy atom. The number of nitrogens with zero attached hydrogens (tertiary/aromatic N) is 1. The van der Waals surface area contributed by atoms with Gasteiger partial charge in [-0.15, -0.1) is 0 Å². The summed E-state index contributed by atoms with van der Waals surface area (Å²) < 4.78 is 5.69. The molecule has 0 bridgehead atoms. The van der Waals surface area contributed by atoms with Crippen LogP contribution < -0.4 is 10.5 Å². The number of para-hydroxylation sites is 1.